The lowest BCUT2D eigenvalue weighted by Crippen LogP contribution is -2.36. The molecule has 51 heavy (non-hydrogen) atoms. The third kappa shape index (κ3) is 4.45. The fourth-order valence-electron chi connectivity index (χ4n) is 8.62. The lowest BCUT2D eigenvalue weighted by molar-refractivity contribution is 0.769. The number of rotatable bonds is 5. The smallest absolute Gasteiger partial charge is 0.0714 e. The van der Waals surface area contributed by atoms with Gasteiger partial charge >= 0.3 is 0 Å². The Labute approximate surface area is 300 Å². The van der Waals surface area contributed by atoms with Crippen molar-refractivity contribution in [3.05, 3.63) is 229 Å². The van der Waals surface area contributed by atoms with Gasteiger partial charge in [-0.15, -0.1) is 0 Å². The summed E-state index contributed by atoms with van der Waals surface area (Å²) in [5.41, 5.74) is 13.5. The topological polar surface area (TPSA) is 3.24 Å². The van der Waals surface area contributed by atoms with Crippen LogP contribution in [0.3, 0.4) is 0 Å². The minimum Gasteiger partial charge on any atom is -0.309 e. The highest BCUT2D eigenvalue weighted by molar-refractivity contribution is 7.80. The zero-order valence-corrected chi connectivity index (χ0v) is 28.9. The molecule has 0 N–H and O–H groups in total. The van der Waals surface area contributed by atoms with Crippen LogP contribution >= 0.6 is 7.92 Å². The van der Waals surface area contributed by atoms with E-state index >= 15 is 0 Å². The highest BCUT2D eigenvalue weighted by Crippen LogP contribution is 2.62. The molecule has 0 bridgehead atoms. The molecule has 1 aliphatic heterocycles. The molecule has 2 aliphatic rings. The van der Waals surface area contributed by atoms with Gasteiger partial charge in [-0.25, -0.2) is 0 Å². The molecule has 1 heterocycles. The Balaban J connectivity index is 1.45. The predicted octanol–water partition coefficient (Wildman–Crippen LogP) is 11.3. The molecule has 1 unspecified atom stereocenters. The zero-order chi connectivity index (χ0) is 33.8. The second-order valence-electron chi connectivity index (χ2n) is 13.3. The van der Waals surface area contributed by atoms with E-state index in [0.717, 1.165) is 5.69 Å². The van der Waals surface area contributed by atoms with E-state index in [1.165, 1.54) is 71.8 Å². The molecule has 0 aromatic heterocycles. The summed E-state index contributed by atoms with van der Waals surface area (Å²) in [5.74, 6) is 0. The number of fused-ring (bicyclic) bond motifs is 6. The van der Waals surface area contributed by atoms with Crippen LogP contribution in [0, 0.1) is 0 Å². The Morgan fingerprint density at radius 3 is 1.63 bits per heavy atom. The van der Waals surface area contributed by atoms with Crippen molar-refractivity contribution in [3.63, 3.8) is 0 Å². The van der Waals surface area contributed by atoms with Gasteiger partial charge in [-0.3, -0.25) is 0 Å². The first-order valence-corrected chi connectivity index (χ1v) is 19.0. The van der Waals surface area contributed by atoms with E-state index in [1.54, 1.807) is 0 Å². The van der Waals surface area contributed by atoms with E-state index in [-0.39, 0.29) is 0 Å². The van der Waals surface area contributed by atoms with Crippen LogP contribution < -0.4 is 20.8 Å². The van der Waals surface area contributed by atoms with Gasteiger partial charge in [-0.2, -0.15) is 0 Å². The summed E-state index contributed by atoms with van der Waals surface area (Å²) in [7, 11) is -0.970. The second-order valence-corrected chi connectivity index (χ2v) is 15.4. The number of nitrogens with zero attached hydrogens (tertiary/aromatic N) is 1. The molecule has 2 heteroatoms. The average Bonchev–Trinajstić information content (AvgIpc) is 3.52. The molecule has 0 saturated heterocycles. The Bertz CT molecular complexity index is 2470. The van der Waals surface area contributed by atoms with Crippen molar-refractivity contribution in [2.75, 3.05) is 4.90 Å². The Morgan fingerprint density at radius 2 is 0.961 bits per heavy atom. The molecular formula is C49H34NP. The SMILES string of the molecule is c1ccc(-c2cc3c(c4c2N(c2ccccc2)c2ccccc2P4c2ccccc2)-c2ccccc2C3(c2ccccc2)c2ccccc2)cc1. The van der Waals surface area contributed by atoms with Gasteiger partial charge in [-0.05, 0) is 76.4 Å². The van der Waals surface area contributed by atoms with Crippen LogP contribution in [0.1, 0.15) is 22.3 Å². The number of anilines is 3. The van der Waals surface area contributed by atoms with Gasteiger partial charge in [0.25, 0.3) is 0 Å². The van der Waals surface area contributed by atoms with Crippen molar-refractivity contribution in [2.45, 2.75) is 5.41 Å². The highest BCUT2D eigenvalue weighted by Gasteiger charge is 2.50. The van der Waals surface area contributed by atoms with Crippen molar-refractivity contribution in [2.24, 2.45) is 0 Å². The molecule has 0 fully saturated rings. The normalized spacial score (nSPS) is 15.0. The Kier molecular flexibility index (Phi) is 7.08. The van der Waals surface area contributed by atoms with Crippen molar-refractivity contribution < 1.29 is 0 Å². The molecule has 0 saturated carbocycles. The maximum atomic E-state index is 2.55. The molecule has 8 aromatic rings. The summed E-state index contributed by atoms with van der Waals surface area (Å²) < 4.78 is 0. The third-order valence-electron chi connectivity index (χ3n) is 10.6. The van der Waals surface area contributed by atoms with Gasteiger partial charge in [0, 0.05) is 21.9 Å². The largest absolute Gasteiger partial charge is 0.309 e. The van der Waals surface area contributed by atoms with Gasteiger partial charge in [0.1, 0.15) is 0 Å². The average molecular weight is 668 g/mol. The minimum absolute atomic E-state index is 0.515. The number of hydrogen-bond donors (Lipinski definition) is 0. The second kappa shape index (κ2) is 12.1. The lowest BCUT2D eigenvalue weighted by Gasteiger charge is -2.41. The van der Waals surface area contributed by atoms with Crippen molar-refractivity contribution in [1.29, 1.82) is 0 Å². The monoisotopic (exact) mass is 667 g/mol. The fraction of sp³-hybridized carbons (Fsp3) is 0.0204. The molecular weight excluding hydrogens is 634 g/mol. The lowest BCUT2D eigenvalue weighted by atomic mass is 9.67. The van der Waals surface area contributed by atoms with E-state index in [9.17, 15) is 0 Å². The highest BCUT2D eigenvalue weighted by atomic mass is 31.1. The molecule has 240 valence electrons. The minimum atomic E-state index is -0.970. The predicted molar refractivity (Wildman–Crippen MR) is 216 cm³/mol. The van der Waals surface area contributed by atoms with Gasteiger partial charge in [0.2, 0.25) is 0 Å². The maximum Gasteiger partial charge on any atom is 0.0714 e. The van der Waals surface area contributed by atoms with E-state index < -0.39 is 13.3 Å². The standard InChI is InChI=1S/C49H34NP/c1-6-20-35(21-7-1)41-34-43-46(40-30-16-17-31-42(40)49(43,36-22-8-2-9-23-36)37-24-10-3-11-25-37)48-47(41)50(38-26-12-4-13-27-38)44-32-18-19-33-45(44)51(48)39-28-14-5-15-29-39/h1-34H. The summed E-state index contributed by atoms with van der Waals surface area (Å²) in [6, 6.07) is 76.4. The van der Waals surface area contributed by atoms with E-state index in [0.29, 0.717) is 0 Å². The molecule has 8 aromatic carbocycles. The fourth-order valence-corrected chi connectivity index (χ4v) is 11.4. The van der Waals surface area contributed by atoms with Crippen LogP contribution in [-0.2, 0) is 5.41 Å². The summed E-state index contributed by atoms with van der Waals surface area (Å²) in [6.45, 7) is 0. The number of benzene rings is 8. The third-order valence-corrected chi connectivity index (χ3v) is 13.2. The molecule has 0 spiro atoms. The van der Waals surface area contributed by atoms with E-state index in [1.807, 2.05) is 0 Å². The molecule has 1 aliphatic carbocycles. The zero-order valence-electron chi connectivity index (χ0n) is 28.0. The number of para-hydroxylation sites is 2. The summed E-state index contributed by atoms with van der Waals surface area (Å²) >= 11 is 0. The molecule has 0 amide bonds. The first-order valence-electron chi connectivity index (χ1n) is 17.6. The van der Waals surface area contributed by atoms with Crippen LogP contribution in [0.4, 0.5) is 17.1 Å². The Morgan fingerprint density at radius 1 is 0.431 bits per heavy atom. The first kappa shape index (κ1) is 29.9. The summed E-state index contributed by atoms with van der Waals surface area (Å²) in [5, 5.41) is 4.14. The number of hydrogen-bond acceptors (Lipinski definition) is 1. The van der Waals surface area contributed by atoms with Gasteiger partial charge in [0.15, 0.2) is 0 Å². The first-order chi connectivity index (χ1) is 25.4. The quantitative estimate of drug-likeness (QED) is 0.165. The Hall–Kier alpha value is -6.01. The van der Waals surface area contributed by atoms with Crippen LogP contribution in [0.25, 0.3) is 22.3 Å². The van der Waals surface area contributed by atoms with E-state index in [2.05, 4.69) is 211 Å². The molecule has 10 rings (SSSR count). The molecule has 1 nitrogen and oxygen atoms in total. The van der Waals surface area contributed by atoms with Crippen molar-refractivity contribution in [3.8, 4) is 22.3 Å². The summed E-state index contributed by atoms with van der Waals surface area (Å²) in [6.07, 6.45) is 0. The van der Waals surface area contributed by atoms with Crippen molar-refractivity contribution >= 4 is 40.9 Å². The summed E-state index contributed by atoms with van der Waals surface area (Å²) in [4.78, 5) is 2.54. The van der Waals surface area contributed by atoms with Crippen LogP contribution in [0.5, 0.6) is 0 Å². The molecule has 0 radical (unpaired) electrons. The van der Waals surface area contributed by atoms with Gasteiger partial charge < -0.3 is 4.90 Å². The van der Waals surface area contributed by atoms with Crippen LogP contribution in [0.2, 0.25) is 0 Å². The van der Waals surface area contributed by atoms with Gasteiger partial charge in [0.05, 0.1) is 16.8 Å². The van der Waals surface area contributed by atoms with E-state index in [4.69, 9.17) is 0 Å². The maximum absolute atomic E-state index is 2.55. The molecule has 1 atom stereocenters. The van der Waals surface area contributed by atoms with Crippen LogP contribution in [-0.4, -0.2) is 0 Å². The van der Waals surface area contributed by atoms with Gasteiger partial charge in [-0.1, -0.05) is 182 Å². The van der Waals surface area contributed by atoms with Crippen molar-refractivity contribution in [1.82, 2.24) is 0 Å². The van der Waals surface area contributed by atoms with Crippen LogP contribution in [0.15, 0.2) is 206 Å².